The van der Waals surface area contributed by atoms with Crippen LogP contribution in [0.5, 0.6) is 0 Å². The van der Waals surface area contributed by atoms with Gasteiger partial charge in [-0.3, -0.25) is 9.59 Å². The number of likely N-dealkylation sites (tertiary alicyclic amines) is 1. The van der Waals surface area contributed by atoms with Crippen LogP contribution in [0.15, 0.2) is 23.0 Å². The van der Waals surface area contributed by atoms with Gasteiger partial charge >= 0.3 is 0 Å². The molecule has 24 heavy (non-hydrogen) atoms. The number of rotatable bonds is 4. The minimum Gasteiger partial charge on any atom is -0.337 e. The molecule has 1 unspecified atom stereocenters. The van der Waals surface area contributed by atoms with Crippen molar-refractivity contribution in [1.82, 2.24) is 9.88 Å². The Bertz CT molecular complexity index is 737. The first-order valence-corrected chi connectivity index (χ1v) is 10.1. The number of carbonyl (C=O) groups is 2. The highest BCUT2D eigenvalue weighted by Gasteiger charge is 2.33. The normalized spacial score (nSPS) is 20.8. The Hall–Kier alpha value is -1.73. The van der Waals surface area contributed by atoms with Crippen LogP contribution in [0.4, 0.5) is 5.13 Å². The summed E-state index contributed by atoms with van der Waals surface area (Å²) >= 11 is 2.94. The molecule has 0 bridgehead atoms. The third-order valence-corrected chi connectivity index (χ3v) is 6.26. The molecule has 1 atom stereocenters. The number of hydrogen-bond donors (Lipinski definition) is 1. The highest BCUT2D eigenvalue weighted by molar-refractivity contribution is 7.13. The molecule has 2 fully saturated rings. The van der Waals surface area contributed by atoms with E-state index in [0.717, 1.165) is 24.3 Å². The van der Waals surface area contributed by atoms with Crippen molar-refractivity contribution in [1.29, 1.82) is 0 Å². The number of thiazole rings is 1. The average molecular weight is 361 g/mol. The van der Waals surface area contributed by atoms with E-state index >= 15 is 0 Å². The van der Waals surface area contributed by atoms with Crippen LogP contribution in [0.3, 0.4) is 0 Å². The Morgan fingerprint density at radius 3 is 2.83 bits per heavy atom. The molecule has 126 valence electrons. The van der Waals surface area contributed by atoms with Gasteiger partial charge in [-0.25, -0.2) is 4.98 Å². The summed E-state index contributed by atoms with van der Waals surface area (Å²) in [5.41, 5.74) is 1.21. The minimum absolute atomic E-state index is 0.0314. The molecule has 2 amide bonds. The molecule has 1 aliphatic carbocycles. The average Bonchev–Trinajstić information content (AvgIpc) is 3.11. The molecule has 0 radical (unpaired) electrons. The van der Waals surface area contributed by atoms with Gasteiger partial charge in [0.15, 0.2) is 5.13 Å². The Labute approximate surface area is 148 Å². The first kappa shape index (κ1) is 15.8. The third-order valence-electron chi connectivity index (χ3n) is 4.65. The second-order valence-electron chi connectivity index (χ2n) is 6.40. The molecule has 2 aromatic rings. The van der Waals surface area contributed by atoms with E-state index in [2.05, 4.69) is 16.4 Å². The molecule has 7 heteroatoms. The van der Waals surface area contributed by atoms with Gasteiger partial charge in [-0.2, -0.15) is 0 Å². The molecule has 1 N–H and O–H groups in total. The topological polar surface area (TPSA) is 62.3 Å². The third kappa shape index (κ3) is 3.23. The number of nitrogens with one attached hydrogen (secondary N) is 1. The fourth-order valence-corrected chi connectivity index (χ4v) is 4.70. The van der Waals surface area contributed by atoms with Gasteiger partial charge in [-0.1, -0.05) is 0 Å². The zero-order chi connectivity index (χ0) is 16.5. The number of thiophene rings is 1. The lowest BCUT2D eigenvalue weighted by Crippen LogP contribution is -2.43. The standard InChI is InChI=1S/C17H19N3O2S2/c21-15(19-17-18-6-9-24-17)12-2-1-7-20(10-12)16(22)14-13(5-8-23-14)11-3-4-11/h5-6,8-9,11-12H,1-4,7,10H2,(H,18,19,21). The second kappa shape index (κ2) is 6.64. The minimum atomic E-state index is -0.157. The van der Waals surface area contributed by atoms with E-state index in [4.69, 9.17) is 0 Å². The summed E-state index contributed by atoms with van der Waals surface area (Å²) in [6.07, 6.45) is 5.74. The Morgan fingerprint density at radius 1 is 1.21 bits per heavy atom. The van der Waals surface area contributed by atoms with E-state index in [9.17, 15) is 9.59 Å². The van der Waals surface area contributed by atoms with Crippen LogP contribution in [0.2, 0.25) is 0 Å². The van der Waals surface area contributed by atoms with Crippen molar-refractivity contribution >= 4 is 39.6 Å². The van der Waals surface area contributed by atoms with Gasteiger partial charge in [0.1, 0.15) is 0 Å². The maximum atomic E-state index is 12.9. The highest BCUT2D eigenvalue weighted by Crippen LogP contribution is 2.43. The molecule has 2 aliphatic rings. The molecule has 1 saturated heterocycles. The van der Waals surface area contributed by atoms with Crippen LogP contribution in [-0.2, 0) is 4.79 Å². The van der Waals surface area contributed by atoms with Gasteiger partial charge < -0.3 is 10.2 Å². The summed E-state index contributed by atoms with van der Waals surface area (Å²) in [5.74, 6) is 0.481. The number of anilines is 1. The molecule has 5 nitrogen and oxygen atoms in total. The first-order valence-electron chi connectivity index (χ1n) is 8.29. The van der Waals surface area contributed by atoms with Gasteiger partial charge in [-0.15, -0.1) is 22.7 Å². The fraction of sp³-hybridized carbons (Fsp3) is 0.471. The molecule has 2 aromatic heterocycles. The zero-order valence-corrected chi connectivity index (χ0v) is 14.9. The van der Waals surface area contributed by atoms with Gasteiger partial charge in [0.25, 0.3) is 5.91 Å². The smallest absolute Gasteiger partial charge is 0.264 e. The molecule has 4 rings (SSSR count). The van der Waals surface area contributed by atoms with Crippen molar-refractivity contribution in [2.24, 2.45) is 5.92 Å². The van der Waals surface area contributed by atoms with Crippen LogP contribution in [-0.4, -0.2) is 34.8 Å². The molecule has 0 aromatic carbocycles. The van der Waals surface area contributed by atoms with E-state index in [1.165, 1.54) is 41.1 Å². The summed E-state index contributed by atoms with van der Waals surface area (Å²) < 4.78 is 0. The molecule has 0 spiro atoms. The highest BCUT2D eigenvalue weighted by atomic mass is 32.1. The maximum absolute atomic E-state index is 12.9. The Morgan fingerprint density at radius 2 is 2.08 bits per heavy atom. The van der Waals surface area contributed by atoms with Gasteiger partial charge in [0.05, 0.1) is 10.8 Å². The monoisotopic (exact) mass is 361 g/mol. The summed E-state index contributed by atoms with van der Waals surface area (Å²) in [5, 5.41) is 7.33. The molecule has 1 saturated carbocycles. The summed E-state index contributed by atoms with van der Waals surface area (Å²) in [7, 11) is 0. The lowest BCUT2D eigenvalue weighted by molar-refractivity contribution is -0.121. The first-order chi connectivity index (χ1) is 11.7. The van der Waals surface area contributed by atoms with E-state index in [1.54, 1.807) is 6.20 Å². The lowest BCUT2D eigenvalue weighted by Gasteiger charge is -2.31. The van der Waals surface area contributed by atoms with Crippen molar-refractivity contribution < 1.29 is 9.59 Å². The maximum Gasteiger partial charge on any atom is 0.264 e. The summed E-state index contributed by atoms with van der Waals surface area (Å²) in [6, 6.07) is 2.09. The molecular weight excluding hydrogens is 342 g/mol. The van der Waals surface area contributed by atoms with E-state index in [1.807, 2.05) is 15.7 Å². The van der Waals surface area contributed by atoms with Crippen LogP contribution in [0.25, 0.3) is 0 Å². The number of hydrogen-bond acceptors (Lipinski definition) is 5. The van der Waals surface area contributed by atoms with Crippen LogP contribution in [0, 0.1) is 5.92 Å². The Balaban J connectivity index is 1.43. The number of piperidine rings is 1. The summed E-state index contributed by atoms with van der Waals surface area (Å²) in [6.45, 7) is 1.24. The lowest BCUT2D eigenvalue weighted by atomic mass is 9.97. The fourth-order valence-electron chi connectivity index (χ4n) is 3.22. The van der Waals surface area contributed by atoms with Crippen LogP contribution < -0.4 is 5.32 Å². The molecule has 1 aliphatic heterocycles. The van der Waals surface area contributed by atoms with E-state index in [0.29, 0.717) is 17.6 Å². The zero-order valence-electron chi connectivity index (χ0n) is 13.2. The van der Waals surface area contributed by atoms with E-state index in [-0.39, 0.29) is 17.7 Å². The van der Waals surface area contributed by atoms with Crippen molar-refractivity contribution in [3.8, 4) is 0 Å². The second-order valence-corrected chi connectivity index (χ2v) is 8.21. The SMILES string of the molecule is O=C(Nc1nccs1)C1CCCN(C(=O)c2sccc2C2CC2)C1. The summed E-state index contributed by atoms with van der Waals surface area (Å²) in [4.78, 5) is 32.1. The van der Waals surface area contributed by atoms with Crippen molar-refractivity contribution in [2.75, 3.05) is 18.4 Å². The van der Waals surface area contributed by atoms with Crippen molar-refractivity contribution in [2.45, 2.75) is 31.6 Å². The molecular formula is C17H19N3O2S2. The van der Waals surface area contributed by atoms with Crippen LogP contribution >= 0.6 is 22.7 Å². The number of carbonyl (C=O) groups excluding carboxylic acids is 2. The van der Waals surface area contributed by atoms with Gasteiger partial charge in [0, 0.05) is 24.7 Å². The van der Waals surface area contributed by atoms with Gasteiger partial charge in [-0.05, 0) is 48.6 Å². The van der Waals surface area contributed by atoms with E-state index < -0.39 is 0 Å². The van der Waals surface area contributed by atoms with Crippen molar-refractivity contribution in [3.63, 3.8) is 0 Å². The number of amides is 2. The molecule has 3 heterocycles. The predicted molar refractivity (Wildman–Crippen MR) is 95.7 cm³/mol. The van der Waals surface area contributed by atoms with Crippen LogP contribution in [0.1, 0.15) is 46.8 Å². The number of aromatic nitrogens is 1. The Kier molecular flexibility index (Phi) is 4.37. The quantitative estimate of drug-likeness (QED) is 0.905. The predicted octanol–water partition coefficient (Wildman–Crippen LogP) is 3.57. The van der Waals surface area contributed by atoms with Crippen molar-refractivity contribution in [3.05, 3.63) is 33.5 Å². The number of nitrogens with zero attached hydrogens (tertiary/aromatic N) is 2. The van der Waals surface area contributed by atoms with Gasteiger partial charge in [0.2, 0.25) is 5.91 Å². The largest absolute Gasteiger partial charge is 0.337 e.